The van der Waals surface area contributed by atoms with E-state index in [9.17, 15) is 0 Å². The van der Waals surface area contributed by atoms with Crippen LogP contribution in [-0.2, 0) is 13.5 Å². The summed E-state index contributed by atoms with van der Waals surface area (Å²) in [6, 6.07) is 0. The van der Waals surface area contributed by atoms with Gasteiger partial charge in [-0.05, 0) is 37.5 Å². The summed E-state index contributed by atoms with van der Waals surface area (Å²) in [4.78, 5) is 2.46. The Bertz CT molecular complexity index is 461. The van der Waals surface area contributed by atoms with Crippen LogP contribution in [0.15, 0.2) is 0 Å². The molecule has 3 rings (SSSR count). The lowest BCUT2D eigenvalue weighted by Gasteiger charge is -2.40. The number of hydrogen-bond acceptors (Lipinski definition) is 3. The fourth-order valence-corrected chi connectivity index (χ4v) is 4.20. The smallest absolute Gasteiger partial charge is 0.150 e. The Morgan fingerprint density at radius 3 is 2.40 bits per heavy atom. The first-order chi connectivity index (χ1) is 9.65. The largest absolute Gasteiger partial charge is 0.394 e. The Hall–Kier alpha value is -1.19. The van der Waals surface area contributed by atoms with Crippen LogP contribution in [0.5, 0.6) is 0 Å². The fraction of sp³-hybridized carbons (Fsp3) is 0.812. The molecule has 1 spiro atoms. The van der Waals surface area contributed by atoms with Gasteiger partial charge in [0.25, 0.3) is 0 Å². The molecule has 1 aliphatic heterocycles. The van der Waals surface area contributed by atoms with Gasteiger partial charge in [-0.25, -0.2) is 0 Å². The average Bonchev–Trinajstić information content (AvgIpc) is 2.99. The molecule has 1 saturated carbocycles. The second-order valence-corrected chi connectivity index (χ2v) is 6.75. The maximum atomic E-state index is 6.34. The van der Waals surface area contributed by atoms with Crippen LogP contribution >= 0.6 is 0 Å². The normalized spacial score (nSPS) is 21.8. The van der Waals surface area contributed by atoms with Gasteiger partial charge < -0.3 is 10.6 Å². The SMILES string of the molecule is CCCc1nn(C)c(N2CCC3(CCCC3)CC2)c1N. The number of anilines is 2. The van der Waals surface area contributed by atoms with Gasteiger partial charge in [-0.3, -0.25) is 4.68 Å². The molecule has 2 heterocycles. The number of nitrogens with two attached hydrogens (primary N) is 1. The molecule has 1 aromatic heterocycles. The number of hydrogen-bond donors (Lipinski definition) is 1. The van der Waals surface area contributed by atoms with Crippen LogP contribution in [0.4, 0.5) is 11.5 Å². The minimum atomic E-state index is 0.663. The van der Waals surface area contributed by atoms with Gasteiger partial charge in [0.1, 0.15) is 5.82 Å². The highest BCUT2D eigenvalue weighted by molar-refractivity contribution is 5.66. The van der Waals surface area contributed by atoms with Gasteiger partial charge in [0.2, 0.25) is 0 Å². The van der Waals surface area contributed by atoms with Gasteiger partial charge in [0.15, 0.2) is 0 Å². The number of piperidine rings is 1. The summed E-state index contributed by atoms with van der Waals surface area (Å²) in [5.74, 6) is 1.15. The van der Waals surface area contributed by atoms with Gasteiger partial charge >= 0.3 is 0 Å². The summed E-state index contributed by atoms with van der Waals surface area (Å²) >= 11 is 0. The third-order valence-electron chi connectivity index (χ3n) is 5.40. The summed E-state index contributed by atoms with van der Waals surface area (Å²) in [6.07, 6.45) is 10.5. The van der Waals surface area contributed by atoms with Crippen LogP contribution in [0.2, 0.25) is 0 Å². The van der Waals surface area contributed by atoms with Crippen LogP contribution < -0.4 is 10.6 Å². The molecular formula is C16H28N4. The summed E-state index contributed by atoms with van der Waals surface area (Å²) < 4.78 is 1.99. The quantitative estimate of drug-likeness (QED) is 0.922. The van der Waals surface area contributed by atoms with E-state index in [2.05, 4.69) is 16.9 Å². The van der Waals surface area contributed by atoms with Crippen molar-refractivity contribution in [3.63, 3.8) is 0 Å². The van der Waals surface area contributed by atoms with Crippen molar-refractivity contribution in [2.75, 3.05) is 23.7 Å². The minimum absolute atomic E-state index is 0.663. The Morgan fingerprint density at radius 2 is 1.80 bits per heavy atom. The van der Waals surface area contributed by atoms with Crippen LogP contribution in [-0.4, -0.2) is 22.9 Å². The zero-order valence-corrected chi connectivity index (χ0v) is 13.0. The zero-order chi connectivity index (χ0) is 14.2. The first-order valence-electron chi connectivity index (χ1n) is 8.21. The lowest BCUT2D eigenvalue weighted by Crippen LogP contribution is -2.40. The molecule has 4 nitrogen and oxygen atoms in total. The maximum Gasteiger partial charge on any atom is 0.150 e. The standard InChI is InChI=1S/C16H28N4/c1-3-6-13-14(17)15(19(2)18-13)20-11-9-16(10-12-20)7-4-5-8-16/h3-12,17H2,1-2H3. The molecule has 1 aliphatic carbocycles. The molecular weight excluding hydrogens is 248 g/mol. The third-order valence-corrected chi connectivity index (χ3v) is 5.40. The van der Waals surface area contributed by atoms with Crippen molar-refractivity contribution in [1.29, 1.82) is 0 Å². The molecule has 20 heavy (non-hydrogen) atoms. The van der Waals surface area contributed by atoms with E-state index in [-0.39, 0.29) is 0 Å². The van der Waals surface area contributed by atoms with E-state index < -0.39 is 0 Å². The van der Waals surface area contributed by atoms with Crippen molar-refractivity contribution in [2.24, 2.45) is 12.5 Å². The highest BCUT2D eigenvalue weighted by Crippen LogP contribution is 2.47. The van der Waals surface area contributed by atoms with Gasteiger partial charge in [-0.15, -0.1) is 0 Å². The zero-order valence-electron chi connectivity index (χ0n) is 13.0. The second-order valence-electron chi connectivity index (χ2n) is 6.75. The van der Waals surface area contributed by atoms with Gasteiger partial charge in [0.05, 0.1) is 11.4 Å². The minimum Gasteiger partial charge on any atom is -0.394 e. The van der Waals surface area contributed by atoms with Gasteiger partial charge in [-0.1, -0.05) is 26.2 Å². The molecule has 0 amide bonds. The van der Waals surface area contributed by atoms with Crippen molar-refractivity contribution < 1.29 is 0 Å². The predicted molar refractivity (Wildman–Crippen MR) is 84.0 cm³/mol. The van der Waals surface area contributed by atoms with Crippen molar-refractivity contribution in [3.05, 3.63) is 5.69 Å². The highest BCUT2D eigenvalue weighted by Gasteiger charge is 2.37. The number of aromatic nitrogens is 2. The molecule has 2 N–H and O–H groups in total. The van der Waals surface area contributed by atoms with E-state index in [4.69, 9.17) is 5.73 Å². The molecule has 112 valence electrons. The summed E-state index contributed by atoms with van der Waals surface area (Å²) in [7, 11) is 2.03. The molecule has 2 aliphatic rings. The van der Waals surface area contributed by atoms with E-state index in [0.717, 1.165) is 43.1 Å². The van der Waals surface area contributed by atoms with E-state index in [0.29, 0.717) is 5.41 Å². The third kappa shape index (κ3) is 2.29. The molecule has 4 heteroatoms. The molecule has 0 radical (unpaired) electrons. The predicted octanol–water partition coefficient (Wildman–Crippen LogP) is 3.12. The summed E-state index contributed by atoms with van der Waals surface area (Å²) in [6.45, 7) is 4.48. The van der Waals surface area contributed by atoms with Crippen molar-refractivity contribution in [1.82, 2.24) is 9.78 Å². The molecule has 1 aromatic rings. The molecule has 0 bridgehead atoms. The fourth-order valence-electron chi connectivity index (χ4n) is 4.20. The summed E-state index contributed by atoms with van der Waals surface area (Å²) in [5, 5.41) is 4.61. The second kappa shape index (κ2) is 5.30. The van der Waals surface area contributed by atoms with Crippen molar-refractivity contribution >= 4 is 11.5 Å². The number of nitrogen functional groups attached to an aromatic ring is 1. The van der Waals surface area contributed by atoms with Gasteiger partial charge in [-0.2, -0.15) is 5.10 Å². The lowest BCUT2D eigenvalue weighted by molar-refractivity contribution is 0.225. The van der Waals surface area contributed by atoms with Crippen LogP contribution in [0.25, 0.3) is 0 Å². The Kier molecular flexibility index (Phi) is 3.65. The first kappa shape index (κ1) is 13.8. The number of aryl methyl sites for hydroxylation is 2. The molecule has 0 unspecified atom stereocenters. The molecule has 0 atom stereocenters. The Morgan fingerprint density at radius 1 is 1.15 bits per heavy atom. The molecule has 1 saturated heterocycles. The van der Waals surface area contributed by atoms with E-state index >= 15 is 0 Å². The van der Waals surface area contributed by atoms with Crippen LogP contribution in [0.3, 0.4) is 0 Å². The summed E-state index contributed by atoms with van der Waals surface area (Å²) in [5.41, 5.74) is 8.99. The van der Waals surface area contributed by atoms with Crippen LogP contribution in [0.1, 0.15) is 57.6 Å². The lowest BCUT2D eigenvalue weighted by atomic mass is 9.77. The van der Waals surface area contributed by atoms with Crippen molar-refractivity contribution in [2.45, 2.75) is 58.3 Å². The van der Waals surface area contributed by atoms with Gasteiger partial charge in [0, 0.05) is 20.1 Å². The van der Waals surface area contributed by atoms with E-state index in [1.54, 1.807) is 0 Å². The molecule has 2 fully saturated rings. The molecule has 0 aromatic carbocycles. The Labute approximate surface area is 122 Å². The van der Waals surface area contributed by atoms with E-state index in [1.165, 1.54) is 38.5 Å². The Balaban J connectivity index is 1.74. The first-order valence-corrected chi connectivity index (χ1v) is 8.21. The van der Waals surface area contributed by atoms with Crippen LogP contribution in [0, 0.1) is 5.41 Å². The maximum absolute atomic E-state index is 6.34. The number of rotatable bonds is 3. The highest BCUT2D eigenvalue weighted by atomic mass is 15.4. The number of nitrogens with zero attached hydrogens (tertiary/aromatic N) is 3. The average molecular weight is 276 g/mol. The van der Waals surface area contributed by atoms with E-state index in [1.807, 2.05) is 11.7 Å². The van der Waals surface area contributed by atoms with Crippen molar-refractivity contribution in [3.8, 4) is 0 Å². The monoisotopic (exact) mass is 276 g/mol. The topological polar surface area (TPSA) is 47.1 Å².